The van der Waals surface area contributed by atoms with Crippen molar-refractivity contribution in [2.24, 2.45) is 0 Å². The van der Waals surface area contributed by atoms with Gasteiger partial charge in [-0.1, -0.05) is 17.7 Å². The van der Waals surface area contributed by atoms with E-state index in [-0.39, 0.29) is 12.8 Å². The summed E-state index contributed by atoms with van der Waals surface area (Å²) in [7, 11) is 0. The number of hydrogen-bond acceptors (Lipinski definition) is 5. The second-order valence-corrected chi connectivity index (χ2v) is 5.06. The van der Waals surface area contributed by atoms with Crippen molar-refractivity contribution < 1.29 is 24.3 Å². The molecule has 9 heteroatoms. The number of carbonyl (C=O) groups is 4. The average Bonchev–Trinajstić information content (AvgIpc) is 2.53. The Balaban J connectivity index is 2.36. The van der Waals surface area contributed by atoms with Crippen molar-refractivity contribution in [3.05, 3.63) is 40.9 Å². The summed E-state index contributed by atoms with van der Waals surface area (Å²) in [5.74, 6) is -3.38. The predicted molar refractivity (Wildman–Crippen MR) is 84.5 cm³/mol. The van der Waals surface area contributed by atoms with Gasteiger partial charge in [0.2, 0.25) is 11.8 Å². The van der Waals surface area contributed by atoms with Crippen molar-refractivity contribution in [2.75, 3.05) is 5.32 Å². The highest BCUT2D eigenvalue weighted by atomic mass is 35.5. The molecule has 0 unspecified atom stereocenters. The van der Waals surface area contributed by atoms with Crippen molar-refractivity contribution in [3.8, 4) is 0 Å². The lowest BCUT2D eigenvalue weighted by Gasteiger charge is -2.09. The summed E-state index contributed by atoms with van der Waals surface area (Å²) in [5, 5.41) is 13.2. The maximum Gasteiger partial charge on any atom is 0.262 e. The molecular formula is C15H15ClN3O5-. The van der Waals surface area contributed by atoms with E-state index >= 15 is 0 Å². The molecule has 1 aromatic carbocycles. The molecule has 0 aliphatic rings. The van der Waals surface area contributed by atoms with Crippen LogP contribution < -0.4 is 21.3 Å². The molecule has 1 aromatic rings. The number of hydrogen-bond donors (Lipinski definition) is 3. The van der Waals surface area contributed by atoms with Crippen LogP contribution in [0.25, 0.3) is 0 Å². The maximum atomic E-state index is 11.8. The minimum Gasteiger partial charge on any atom is -0.545 e. The lowest BCUT2D eigenvalue weighted by molar-refractivity contribution is -0.297. The van der Waals surface area contributed by atoms with Crippen molar-refractivity contribution in [1.82, 2.24) is 10.9 Å². The molecule has 1 rings (SSSR count). The number of benzene rings is 1. The molecule has 0 radical (unpaired) electrons. The standard InChI is InChI=1S/C15H16ClN3O5/c1-9-10(16)3-2-4-11(9)17-12(20)5-6-13(21)18-19-14(22)7-8-15(23)24/h2-4,7-8H,5-6H2,1H3,(H,17,20)(H,18,21)(H,19,22)(H,23,24)/p-1/b8-7+. The van der Waals surface area contributed by atoms with E-state index in [1.807, 2.05) is 10.9 Å². The highest BCUT2D eigenvalue weighted by Gasteiger charge is 2.09. The fraction of sp³-hybridized carbons (Fsp3) is 0.200. The van der Waals surface area contributed by atoms with E-state index < -0.39 is 23.7 Å². The third-order valence-electron chi connectivity index (χ3n) is 2.82. The summed E-state index contributed by atoms with van der Waals surface area (Å²) in [6, 6.07) is 5.06. The van der Waals surface area contributed by atoms with Gasteiger partial charge in [-0.2, -0.15) is 0 Å². The predicted octanol–water partition coefficient (Wildman–Crippen LogP) is -0.179. The molecule has 0 aliphatic heterocycles. The summed E-state index contributed by atoms with van der Waals surface area (Å²) in [5.41, 5.74) is 5.27. The van der Waals surface area contributed by atoms with E-state index in [1.54, 1.807) is 25.1 Å². The number of aliphatic carboxylic acids is 1. The summed E-state index contributed by atoms with van der Waals surface area (Å²) >= 11 is 5.94. The molecule has 0 aliphatic carbocycles. The van der Waals surface area contributed by atoms with Crippen LogP contribution in [-0.2, 0) is 19.2 Å². The smallest absolute Gasteiger partial charge is 0.262 e. The van der Waals surface area contributed by atoms with Crippen LogP contribution in [0.4, 0.5) is 5.69 Å². The Morgan fingerprint density at radius 2 is 1.75 bits per heavy atom. The topological polar surface area (TPSA) is 127 Å². The van der Waals surface area contributed by atoms with Crippen molar-refractivity contribution in [2.45, 2.75) is 19.8 Å². The number of carboxylic acids is 1. The van der Waals surface area contributed by atoms with E-state index in [2.05, 4.69) is 5.32 Å². The molecule has 8 nitrogen and oxygen atoms in total. The zero-order chi connectivity index (χ0) is 18.1. The minimum absolute atomic E-state index is 0.109. The Labute approximate surface area is 142 Å². The first-order valence-corrected chi connectivity index (χ1v) is 7.20. The Morgan fingerprint density at radius 1 is 1.08 bits per heavy atom. The lowest BCUT2D eigenvalue weighted by Crippen LogP contribution is -2.41. The van der Waals surface area contributed by atoms with Gasteiger partial charge in [-0.05, 0) is 30.7 Å². The molecule has 0 atom stereocenters. The van der Waals surface area contributed by atoms with E-state index in [1.165, 1.54) is 0 Å². The van der Waals surface area contributed by atoms with Gasteiger partial charge in [0.05, 0.1) is 5.97 Å². The average molecular weight is 353 g/mol. The molecule has 3 amide bonds. The second kappa shape index (κ2) is 9.31. The molecule has 128 valence electrons. The van der Waals surface area contributed by atoms with Crippen molar-refractivity contribution in [1.29, 1.82) is 0 Å². The molecule has 24 heavy (non-hydrogen) atoms. The lowest BCUT2D eigenvalue weighted by atomic mass is 10.2. The van der Waals surface area contributed by atoms with Crippen LogP contribution in [0.3, 0.4) is 0 Å². The molecule has 0 fully saturated rings. The summed E-state index contributed by atoms with van der Waals surface area (Å²) in [6.07, 6.45) is 0.922. The molecule has 0 heterocycles. The van der Waals surface area contributed by atoms with Crippen LogP contribution >= 0.6 is 11.6 Å². The van der Waals surface area contributed by atoms with Gasteiger partial charge in [0.1, 0.15) is 0 Å². The first-order chi connectivity index (χ1) is 11.3. The molecular weight excluding hydrogens is 338 g/mol. The highest BCUT2D eigenvalue weighted by molar-refractivity contribution is 6.31. The number of carbonyl (C=O) groups excluding carboxylic acids is 4. The Morgan fingerprint density at radius 3 is 2.42 bits per heavy atom. The van der Waals surface area contributed by atoms with Crippen LogP contribution in [0.2, 0.25) is 5.02 Å². The van der Waals surface area contributed by atoms with Gasteiger partial charge in [0.15, 0.2) is 0 Å². The fourth-order valence-corrected chi connectivity index (χ4v) is 1.74. The third-order valence-corrected chi connectivity index (χ3v) is 3.23. The van der Waals surface area contributed by atoms with E-state index in [4.69, 9.17) is 11.6 Å². The van der Waals surface area contributed by atoms with Crippen LogP contribution in [0.15, 0.2) is 30.4 Å². The molecule has 0 bridgehead atoms. The largest absolute Gasteiger partial charge is 0.545 e. The zero-order valence-corrected chi connectivity index (χ0v) is 13.5. The fourth-order valence-electron chi connectivity index (χ4n) is 1.56. The number of amides is 3. The monoisotopic (exact) mass is 352 g/mol. The summed E-state index contributed by atoms with van der Waals surface area (Å²) in [6.45, 7) is 1.75. The number of anilines is 1. The molecule has 0 spiro atoms. The van der Waals surface area contributed by atoms with Gasteiger partial charge in [-0.25, -0.2) is 0 Å². The van der Waals surface area contributed by atoms with Gasteiger partial charge in [-0.15, -0.1) is 0 Å². The van der Waals surface area contributed by atoms with Crippen molar-refractivity contribution >= 4 is 41.0 Å². The SMILES string of the molecule is Cc1c(Cl)cccc1NC(=O)CCC(=O)NNC(=O)/C=C/C(=O)[O-]. The van der Waals surface area contributed by atoms with Gasteiger partial charge < -0.3 is 15.2 Å². The first kappa shape index (κ1) is 19.2. The van der Waals surface area contributed by atoms with Gasteiger partial charge in [-0.3, -0.25) is 25.2 Å². The van der Waals surface area contributed by atoms with Gasteiger partial charge >= 0.3 is 0 Å². The Bertz CT molecular complexity index is 688. The third kappa shape index (κ3) is 6.93. The van der Waals surface area contributed by atoms with E-state index in [0.29, 0.717) is 28.4 Å². The van der Waals surface area contributed by atoms with E-state index in [9.17, 15) is 24.3 Å². The number of nitrogens with one attached hydrogen (secondary N) is 3. The van der Waals surface area contributed by atoms with Crippen LogP contribution in [-0.4, -0.2) is 23.7 Å². The Kier molecular flexibility index (Phi) is 7.44. The summed E-state index contributed by atoms with van der Waals surface area (Å²) in [4.78, 5) is 44.5. The maximum absolute atomic E-state index is 11.8. The van der Waals surface area contributed by atoms with Gasteiger partial charge in [0.25, 0.3) is 5.91 Å². The molecule has 0 saturated heterocycles. The van der Waals surface area contributed by atoms with E-state index in [0.717, 1.165) is 0 Å². The number of carboxylic acid groups (broad SMARTS) is 1. The number of rotatable bonds is 6. The Hall–Kier alpha value is -2.87. The van der Waals surface area contributed by atoms with Crippen molar-refractivity contribution in [3.63, 3.8) is 0 Å². The van der Waals surface area contributed by atoms with Crippen LogP contribution in [0, 0.1) is 6.92 Å². The minimum atomic E-state index is -1.54. The highest BCUT2D eigenvalue weighted by Crippen LogP contribution is 2.22. The molecule has 0 saturated carbocycles. The first-order valence-electron chi connectivity index (χ1n) is 6.82. The quantitative estimate of drug-likeness (QED) is 0.483. The zero-order valence-electron chi connectivity index (χ0n) is 12.7. The van der Waals surface area contributed by atoms with Crippen LogP contribution in [0.1, 0.15) is 18.4 Å². The van der Waals surface area contributed by atoms with Crippen LogP contribution in [0.5, 0.6) is 0 Å². The number of halogens is 1. The second-order valence-electron chi connectivity index (χ2n) is 4.65. The number of hydrazine groups is 1. The molecule has 0 aromatic heterocycles. The summed E-state index contributed by atoms with van der Waals surface area (Å²) < 4.78 is 0. The normalized spacial score (nSPS) is 10.2. The van der Waals surface area contributed by atoms with Gasteiger partial charge in [0, 0.05) is 29.6 Å². The molecule has 3 N–H and O–H groups in total.